The minimum Gasteiger partial charge on any atom is -0.497 e. The number of hydrogen-bond acceptors (Lipinski definition) is 2. The van der Waals surface area contributed by atoms with Gasteiger partial charge in [-0.3, -0.25) is 4.79 Å². The van der Waals surface area contributed by atoms with Crippen LogP contribution in [0, 0.1) is 5.92 Å². The van der Waals surface area contributed by atoms with Gasteiger partial charge in [0, 0.05) is 6.04 Å². The van der Waals surface area contributed by atoms with E-state index in [4.69, 9.17) is 4.74 Å². The molecular formula is C16H23NO2. The highest BCUT2D eigenvalue weighted by Crippen LogP contribution is 2.23. The Kier molecular flexibility index (Phi) is 4.83. The topological polar surface area (TPSA) is 38.3 Å². The molecule has 1 N–H and O–H groups in total. The van der Waals surface area contributed by atoms with Crippen molar-refractivity contribution in [2.45, 2.75) is 45.1 Å². The van der Waals surface area contributed by atoms with E-state index in [9.17, 15) is 4.79 Å². The van der Waals surface area contributed by atoms with E-state index < -0.39 is 0 Å². The Bertz CT molecular complexity index is 413. The third kappa shape index (κ3) is 3.98. The van der Waals surface area contributed by atoms with Crippen molar-refractivity contribution in [3.05, 3.63) is 29.8 Å². The lowest BCUT2D eigenvalue weighted by atomic mass is 9.86. The number of carbonyl (C=O) groups excluding carboxylic acids is 1. The minimum atomic E-state index is 0.129. The molecule has 104 valence electrons. The first kappa shape index (κ1) is 13.9. The summed E-state index contributed by atoms with van der Waals surface area (Å²) in [6.07, 6.45) is 5.33. The van der Waals surface area contributed by atoms with Crippen molar-refractivity contribution in [2.75, 3.05) is 7.11 Å². The molecule has 1 aliphatic rings. The first-order chi connectivity index (χ1) is 9.19. The normalized spacial score (nSPS) is 22.8. The van der Waals surface area contributed by atoms with Crippen LogP contribution in [0.15, 0.2) is 24.3 Å². The summed E-state index contributed by atoms with van der Waals surface area (Å²) in [5.74, 6) is 1.56. The predicted molar refractivity (Wildman–Crippen MR) is 76.3 cm³/mol. The maximum Gasteiger partial charge on any atom is 0.224 e. The van der Waals surface area contributed by atoms with Crippen LogP contribution >= 0.6 is 0 Å². The molecule has 2 rings (SSSR count). The molecule has 19 heavy (non-hydrogen) atoms. The molecule has 1 aromatic rings. The van der Waals surface area contributed by atoms with E-state index in [1.165, 1.54) is 19.3 Å². The van der Waals surface area contributed by atoms with Crippen LogP contribution in [0.2, 0.25) is 0 Å². The molecule has 1 amide bonds. The van der Waals surface area contributed by atoms with Gasteiger partial charge in [-0.05, 0) is 36.5 Å². The van der Waals surface area contributed by atoms with Crippen molar-refractivity contribution < 1.29 is 9.53 Å². The summed E-state index contributed by atoms with van der Waals surface area (Å²) < 4.78 is 5.11. The number of nitrogens with one attached hydrogen (secondary N) is 1. The zero-order valence-electron chi connectivity index (χ0n) is 11.8. The van der Waals surface area contributed by atoms with Crippen LogP contribution in [0.3, 0.4) is 0 Å². The molecule has 0 saturated heterocycles. The fourth-order valence-corrected chi connectivity index (χ4v) is 2.72. The molecule has 1 aliphatic carbocycles. The largest absolute Gasteiger partial charge is 0.497 e. The van der Waals surface area contributed by atoms with Crippen LogP contribution in [-0.2, 0) is 11.2 Å². The number of carbonyl (C=O) groups is 1. The van der Waals surface area contributed by atoms with E-state index in [1.807, 2.05) is 24.3 Å². The van der Waals surface area contributed by atoms with E-state index >= 15 is 0 Å². The smallest absolute Gasteiger partial charge is 0.224 e. The third-order valence-corrected chi connectivity index (χ3v) is 3.98. The quantitative estimate of drug-likeness (QED) is 0.905. The Morgan fingerprint density at radius 2 is 1.95 bits per heavy atom. The molecule has 0 radical (unpaired) electrons. The average Bonchev–Trinajstić information content (AvgIpc) is 2.42. The SMILES string of the molecule is COc1ccc(CC(=O)NC2CCCCC2C)cc1. The summed E-state index contributed by atoms with van der Waals surface area (Å²) in [5.41, 5.74) is 1.03. The van der Waals surface area contributed by atoms with Gasteiger partial charge in [-0.15, -0.1) is 0 Å². The molecule has 2 atom stereocenters. The number of hydrogen-bond donors (Lipinski definition) is 1. The van der Waals surface area contributed by atoms with Crippen molar-refractivity contribution in [3.8, 4) is 5.75 Å². The maximum absolute atomic E-state index is 12.0. The lowest BCUT2D eigenvalue weighted by molar-refractivity contribution is -0.121. The standard InChI is InChI=1S/C16H23NO2/c1-12-5-3-4-6-15(12)17-16(18)11-13-7-9-14(19-2)10-8-13/h7-10,12,15H,3-6,11H2,1-2H3,(H,17,18). The van der Waals surface area contributed by atoms with Gasteiger partial charge in [-0.2, -0.15) is 0 Å². The van der Waals surface area contributed by atoms with E-state index in [2.05, 4.69) is 12.2 Å². The van der Waals surface area contributed by atoms with Crippen molar-refractivity contribution >= 4 is 5.91 Å². The zero-order chi connectivity index (χ0) is 13.7. The fourth-order valence-electron chi connectivity index (χ4n) is 2.72. The van der Waals surface area contributed by atoms with Crippen LogP contribution in [0.1, 0.15) is 38.2 Å². The average molecular weight is 261 g/mol. The van der Waals surface area contributed by atoms with E-state index in [-0.39, 0.29) is 5.91 Å². The van der Waals surface area contributed by atoms with E-state index in [0.29, 0.717) is 18.4 Å². The zero-order valence-corrected chi connectivity index (χ0v) is 11.8. The van der Waals surface area contributed by atoms with Gasteiger partial charge in [0.05, 0.1) is 13.5 Å². The van der Waals surface area contributed by atoms with Gasteiger partial charge in [0.1, 0.15) is 5.75 Å². The molecule has 1 saturated carbocycles. The first-order valence-corrected chi connectivity index (χ1v) is 7.11. The number of methoxy groups -OCH3 is 1. The molecule has 0 aliphatic heterocycles. The Balaban J connectivity index is 1.86. The van der Waals surface area contributed by atoms with Gasteiger partial charge in [0.15, 0.2) is 0 Å². The highest BCUT2D eigenvalue weighted by molar-refractivity contribution is 5.78. The Morgan fingerprint density at radius 3 is 2.58 bits per heavy atom. The second kappa shape index (κ2) is 6.60. The summed E-state index contributed by atoms with van der Waals surface area (Å²) in [7, 11) is 1.65. The lowest BCUT2D eigenvalue weighted by Crippen LogP contribution is -2.41. The van der Waals surface area contributed by atoms with Crippen LogP contribution in [0.5, 0.6) is 5.75 Å². The molecule has 0 bridgehead atoms. The molecule has 0 aromatic heterocycles. The molecule has 3 nitrogen and oxygen atoms in total. The summed E-state index contributed by atoms with van der Waals surface area (Å²) in [6.45, 7) is 2.23. The minimum absolute atomic E-state index is 0.129. The fraction of sp³-hybridized carbons (Fsp3) is 0.562. The Hall–Kier alpha value is -1.51. The molecule has 1 fully saturated rings. The molecule has 0 heterocycles. The monoisotopic (exact) mass is 261 g/mol. The highest BCUT2D eigenvalue weighted by Gasteiger charge is 2.22. The second-order valence-electron chi connectivity index (χ2n) is 5.46. The van der Waals surface area contributed by atoms with E-state index in [1.54, 1.807) is 7.11 Å². The van der Waals surface area contributed by atoms with Crippen molar-refractivity contribution in [3.63, 3.8) is 0 Å². The molecule has 3 heteroatoms. The molecule has 2 unspecified atom stereocenters. The lowest BCUT2D eigenvalue weighted by Gasteiger charge is -2.29. The van der Waals surface area contributed by atoms with Gasteiger partial charge in [-0.25, -0.2) is 0 Å². The van der Waals surface area contributed by atoms with Gasteiger partial charge in [-0.1, -0.05) is 31.9 Å². The third-order valence-electron chi connectivity index (χ3n) is 3.98. The maximum atomic E-state index is 12.0. The Labute approximate surface area is 115 Å². The van der Waals surface area contributed by atoms with Gasteiger partial charge in [0.2, 0.25) is 5.91 Å². The summed E-state index contributed by atoms with van der Waals surface area (Å²) in [6, 6.07) is 8.04. The van der Waals surface area contributed by atoms with Crippen molar-refractivity contribution in [2.24, 2.45) is 5.92 Å². The Morgan fingerprint density at radius 1 is 1.26 bits per heavy atom. The van der Waals surface area contributed by atoms with Gasteiger partial charge in [0.25, 0.3) is 0 Å². The van der Waals surface area contributed by atoms with Gasteiger partial charge >= 0.3 is 0 Å². The number of rotatable bonds is 4. The predicted octanol–water partition coefficient (Wildman–Crippen LogP) is 2.93. The van der Waals surface area contributed by atoms with Crippen LogP contribution in [-0.4, -0.2) is 19.1 Å². The van der Waals surface area contributed by atoms with Crippen molar-refractivity contribution in [1.82, 2.24) is 5.32 Å². The first-order valence-electron chi connectivity index (χ1n) is 7.11. The van der Waals surface area contributed by atoms with E-state index in [0.717, 1.165) is 17.7 Å². The highest BCUT2D eigenvalue weighted by atomic mass is 16.5. The second-order valence-corrected chi connectivity index (χ2v) is 5.46. The van der Waals surface area contributed by atoms with Crippen LogP contribution in [0.25, 0.3) is 0 Å². The van der Waals surface area contributed by atoms with Gasteiger partial charge < -0.3 is 10.1 Å². The molecule has 1 aromatic carbocycles. The number of amides is 1. The summed E-state index contributed by atoms with van der Waals surface area (Å²) in [5, 5.41) is 3.18. The molecular weight excluding hydrogens is 238 g/mol. The molecule has 0 spiro atoms. The van der Waals surface area contributed by atoms with Crippen molar-refractivity contribution in [1.29, 1.82) is 0 Å². The van der Waals surface area contributed by atoms with Crippen LogP contribution < -0.4 is 10.1 Å². The van der Waals surface area contributed by atoms with Crippen LogP contribution in [0.4, 0.5) is 0 Å². The summed E-state index contributed by atoms with van der Waals surface area (Å²) >= 11 is 0. The summed E-state index contributed by atoms with van der Waals surface area (Å²) in [4.78, 5) is 12.0. The number of benzene rings is 1. The number of ether oxygens (including phenoxy) is 1.